The lowest BCUT2D eigenvalue weighted by atomic mass is 10.1. The molecule has 2 rings (SSSR count). The minimum atomic E-state index is -0.274. The smallest absolute Gasteiger partial charge is 0.123 e. The Morgan fingerprint density at radius 2 is 2.12 bits per heavy atom. The van der Waals surface area contributed by atoms with Gasteiger partial charge in [-0.15, -0.1) is 11.3 Å². The number of thiophene rings is 1. The van der Waals surface area contributed by atoms with Crippen LogP contribution in [0.3, 0.4) is 0 Å². The Labute approximate surface area is 106 Å². The summed E-state index contributed by atoms with van der Waals surface area (Å²) in [6, 6.07) is 8.17. The van der Waals surface area contributed by atoms with E-state index in [1.165, 1.54) is 17.0 Å². The first-order valence-electron chi connectivity index (χ1n) is 4.85. The first-order chi connectivity index (χ1) is 7.58. The number of hydrogen-bond acceptors (Lipinski definition) is 2. The lowest BCUT2D eigenvalue weighted by Crippen LogP contribution is -2.10. The van der Waals surface area contributed by atoms with Crippen LogP contribution in [0.15, 0.2) is 34.8 Å². The number of benzene rings is 1. The second kappa shape index (κ2) is 4.65. The Morgan fingerprint density at radius 1 is 1.38 bits per heavy atom. The van der Waals surface area contributed by atoms with Crippen molar-refractivity contribution in [2.45, 2.75) is 13.0 Å². The molecule has 0 saturated heterocycles. The maximum Gasteiger partial charge on any atom is 0.123 e. The quantitative estimate of drug-likeness (QED) is 0.891. The summed E-state index contributed by atoms with van der Waals surface area (Å²) in [6.45, 7) is 2.03. The molecule has 0 aliphatic carbocycles. The highest BCUT2D eigenvalue weighted by Crippen LogP contribution is 2.34. The van der Waals surface area contributed by atoms with Crippen molar-refractivity contribution in [2.24, 2.45) is 5.73 Å². The van der Waals surface area contributed by atoms with Gasteiger partial charge >= 0.3 is 0 Å². The van der Waals surface area contributed by atoms with Crippen LogP contribution in [0.25, 0.3) is 0 Å². The van der Waals surface area contributed by atoms with E-state index in [1.807, 2.05) is 19.1 Å². The molecular weight excluding hydrogens is 289 g/mol. The predicted octanol–water partition coefficient (Wildman–Crippen LogP) is 4.01. The van der Waals surface area contributed by atoms with E-state index in [0.29, 0.717) is 0 Å². The zero-order valence-electron chi connectivity index (χ0n) is 8.71. The molecule has 0 aliphatic heterocycles. The van der Waals surface area contributed by atoms with Gasteiger partial charge in [0.1, 0.15) is 5.82 Å². The average molecular weight is 300 g/mol. The molecule has 0 bridgehead atoms. The highest BCUT2D eigenvalue weighted by molar-refractivity contribution is 9.10. The first-order valence-corrected chi connectivity index (χ1v) is 6.46. The number of nitrogens with two attached hydrogens (primary N) is 1. The minimum Gasteiger partial charge on any atom is -0.320 e. The van der Waals surface area contributed by atoms with Crippen molar-refractivity contribution in [1.82, 2.24) is 0 Å². The SMILES string of the molecule is Cc1cc(Br)c(C(N)c2cccc(F)c2)s1. The fraction of sp³-hybridized carbons (Fsp3) is 0.167. The van der Waals surface area contributed by atoms with Crippen molar-refractivity contribution < 1.29 is 4.39 Å². The molecule has 0 radical (unpaired) electrons. The van der Waals surface area contributed by atoms with E-state index in [-0.39, 0.29) is 11.9 Å². The van der Waals surface area contributed by atoms with Crippen molar-refractivity contribution >= 4 is 27.3 Å². The third-order valence-corrected chi connectivity index (χ3v) is 4.38. The number of hydrogen-bond donors (Lipinski definition) is 1. The summed E-state index contributed by atoms with van der Waals surface area (Å²) in [5.41, 5.74) is 6.91. The Bertz CT molecular complexity index is 509. The largest absolute Gasteiger partial charge is 0.320 e. The van der Waals surface area contributed by atoms with Gasteiger partial charge in [0.25, 0.3) is 0 Å². The standard InChI is InChI=1S/C12H11BrFNS/c1-7-5-10(13)12(16-7)11(15)8-3-2-4-9(14)6-8/h2-6,11H,15H2,1H3. The molecule has 0 fully saturated rings. The Morgan fingerprint density at radius 3 is 2.69 bits per heavy atom. The highest BCUT2D eigenvalue weighted by atomic mass is 79.9. The molecule has 1 aromatic carbocycles. The maximum atomic E-state index is 13.1. The highest BCUT2D eigenvalue weighted by Gasteiger charge is 2.15. The van der Waals surface area contributed by atoms with E-state index in [0.717, 1.165) is 14.9 Å². The topological polar surface area (TPSA) is 26.0 Å². The van der Waals surface area contributed by atoms with Crippen LogP contribution in [0.4, 0.5) is 4.39 Å². The van der Waals surface area contributed by atoms with Crippen molar-refractivity contribution in [3.8, 4) is 0 Å². The van der Waals surface area contributed by atoms with Gasteiger partial charge in [0.05, 0.1) is 6.04 Å². The molecular formula is C12H11BrFNS. The molecule has 1 atom stereocenters. The molecule has 1 aromatic heterocycles. The average Bonchev–Trinajstić information content (AvgIpc) is 2.57. The van der Waals surface area contributed by atoms with Crippen molar-refractivity contribution in [2.75, 3.05) is 0 Å². The molecule has 0 amide bonds. The van der Waals surface area contributed by atoms with E-state index in [4.69, 9.17) is 5.73 Å². The maximum absolute atomic E-state index is 13.1. The molecule has 84 valence electrons. The van der Waals surface area contributed by atoms with Crippen molar-refractivity contribution in [1.29, 1.82) is 0 Å². The lowest BCUT2D eigenvalue weighted by molar-refractivity contribution is 0.624. The summed E-state index contributed by atoms with van der Waals surface area (Å²) >= 11 is 5.10. The molecule has 4 heteroatoms. The molecule has 2 aromatic rings. The van der Waals surface area contributed by atoms with E-state index >= 15 is 0 Å². The summed E-state index contributed by atoms with van der Waals surface area (Å²) in [5, 5.41) is 0. The molecule has 1 heterocycles. The number of aryl methyl sites for hydroxylation is 1. The molecule has 2 N–H and O–H groups in total. The second-order valence-electron chi connectivity index (χ2n) is 3.60. The van der Waals surface area contributed by atoms with Gasteiger partial charge < -0.3 is 5.73 Å². The zero-order chi connectivity index (χ0) is 11.7. The van der Waals surface area contributed by atoms with Gasteiger partial charge in [-0.3, -0.25) is 0 Å². The number of rotatable bonds is 2. The van der Waals surface area contributed by atoms with Gasteiger partial charge in [0.15, 0.2) is 0 Å². The van der Waals surface area contributed by atoms with Crippen LogP contribution >= 0.6 is 27.3 Å². The molecule has 0 aliphatic rings. The number of halogens is 2. The van der Waals surface area contributed by atoms with Crippen LogP contribution in [0, 0.1) is 12.7 Å². The lowest BCUT2D eigenvalue weighted by Gasteiger charge is -2.10. The zero-order valence-corrected chi connectivity index (χ0v) is 11.1. The van der Waals surface area contributed by atoms with E-state index < -0.39 is 0 Å². The Kier molecular flexibility index (Phi) is 3.42. The van der Waals surface area contributed by atoms with Crippen LogP contribution in [0.2, 0.25) is 0 Å². The van der Waals surface area contributed by atoms with Crippen LogP contribution in [-0.4, -0.2) is 0 Å². The van der Waals surface area contributed by atoms with Crippen LogP contribution in [0.1, 0.15) is 21.4 Å². The monoisotopic (exact) mass is 299 g/mol. The van der Waals surface area contributed by atoms with Gasteiger partial charge in [-0.1, -0.05) is 12.1 Å². The first kappa shape index (κ1) is 11.8. The summed E-state index contributed by atoms with van der Waals surface area (Å²) in [6.07, 6.45) is 0. The summed E-state index contributed by atoms with van der Waals surface area (Å²) < 4.78 is 14.1. The van der Waals surface area contributed by atoms with E-state index in [2.05, 4.69) is 15.9 Å². The van der Waals surface area contributed by atoms with Gasteiger partial charge in [-0.25, -0.2) is 4.39 Å². The summed E-state index contributed by atoms with van der Waals surface area (Å²) in [4.78, 5) is 2.22. The van der Waals surface area contributed by atoms with Crippen LogP contribution < -0.4 is 5.73 Å². The fourth-order valence-corrected chi connectivity index (χ4v) is 3.49. The van der Waals surface area contributed by atoms with Gasteiger partial charge in [-0.2, -0.15) is 0 Å². The molecule has 1 nitrogen and oxygen atoms in total. The van der Waals surface area contributed by atoms with Crippen molar-refractivity contribution in [3.63, 3.8) is 0 Å². The minimum absolute atomic E-state index is 0.252. The van der Waals surface area contributed by atoms with E-state index in [1.54, 1.807) is 17.4 Å². The normalized spacial score (nSPS) is 12.8. The Hall–Kier alpha value is -0.710. The Balaban J connectivity index is 2.38. The van der Waals surface area contributed by atoms with Gasteiger partial charge in [-0.05, 0) is 46.6 Å². The van der Waals surface area contributed by atoms with Crippen molar-refractivity contribution in [3.05, 3.63) is 55.9 Å². The summed E-state index contributed by atoms with van der Waals surface area (Å²) in [7, 11) is 0. The third-order valence-electron chi connectivity index (χ3n) is 2.33. The van der Waals surface area contributed by atoms with Crippen LogP contribution in [-0.2, 0) is 0 Å². The molecule has 0 saturated carbocycles. The molecule has 16 heavy (non-hydrogen) atoms. The van der Waals surface area contributed by atoms with Crippen LogP contribution in [0.5, 0.6) is 0 Å². The summed E-state index contributed by atoms with van der Waals surface area (Å²) in [5.74, 6) is -0.252. The second-order valence-corrected chi connectivity index (χ2v) is 5.74. The molecule has 1 unspecified atom stereocenters. The molecule has 0 spiro atoms. The van der Waals surface area contributed by atoms with E-state index in [9.17, 15) is 4.39 Å². The predicted molar refractivity (Wildman–Crippen MR) is 69.2 cm³/mol. The van der Waals surface area contributed by atoms with Gasteiger partial charge in [0.2, 0.25) is 0 Å². The fourth-order valence-electron chi connectivity index (χ4n) is 1.56. The van der Waals surface area contributed by atoms with Gasteiger partial charge in [0, 0.05) is 14.2 Å². The third kappa shape index (κ3) is 2.34.